The largest absolute Gasteiger partial charge is 0.324 e. The molecule has 1 unspecified atom stereocenters. The molecule has 0 fully saturated rings. The van der Waals surface area contributed by atoms with Gasteiger partial charge in [-0.25, -0.2) is 0 Å². The molecule has 0 radical (unpaired) electrons. The average Bonchev–Trinajstić information content (AvgIpc) is 2.37. The second-order valence-corrected chi connectivity index (χ2v) is 4.99. The van der Waals surface area contributed by atoms with Gasteiger partial charge in [-0.3, -0.25) is 14.5 Å². The van der Waals surface area contributed by atoms with E-state index in [9.17, 15) is 9.59 Å². The van der Waals surface area contributed by atoms with Crippen molar-refractivity contribution >= 4 is 11.8 Å². The van der Waals surface area contributed by atoms with Crippen molar-refractivity contribution < 1.29 is 9.59 Å². The van der Waals surface area contributed by atoms with Crippen LogP contribution < -0.4 is 0 Å². The van der Waals surface area contributed by atoms with Gasteiger partial charge in [0.25, 0.3) is 5.91 Å². The summed E-state index contributed by atoms with van der Waals surface area (Å²) in [4.78, 5) is 26.0. The van der Waals surface area contributed by atoms with E-state index in [0.717, 1.165) is 18.4 Å². The van der Waals surface area contributed by atoms with Crippen molar-refractivity contribution in [3.63, 3.8) is 0 Å². The molecule has 4 heteroatoms. The second kappa shape index (κ2) is 4.92. The standard InChI is InChI=1S/C15H18NO2.Rf/c1-4-5-10-16-13(17)11-8-6-7-9-12(11)15(2,3)14(16)18;/h6-9H,2,4-5,10H2,1,3H3;/q-1;. The van der Waals surface area contributed by atoms with E-state index in [1.165, 1.54) is 4.90 Å². The number of unbranched alkanes of at least 4 members (excludes halogenated alkanes) is 1. The Morgan fingerprint density at radius 1 is 1.26 bits per heavy atom. The van der Waals surface area contributed by atoms with Gasteiger partial charge in [0, 0.05) is 12.1 Å². The number of rotatable bonds is 3. The zero-order valence-corrected chi connectivity index (χ0v) is 18.0. The van der Waals surface area contributed by atoms with Gasteiger partial charge < -0.3 is 6.92 Å². The third-order valence-corrected chi connectivity index (χ3v) is 3.45. The molecule has 1 atom stereocenters. The molecule has 1 aromatic rings. The van der Waals surface area contributed by atoms with Crippen molar-refractivity contribution in [2.75, 3.05) is 6.54 Å². The molecule has 1 aliphatic heterocycles. The molecule has 1 aliphatic rings. The number of benzene rings is 1. The average molecular weight is 511 g/mol. The number of carbonyl (C=O) groups excluding carboxylic acids is 2. The monoisotopic (exact) mass is 511 g/mol. The predicted octanol–water partition coefficient (Wildman–Crippen LogP) is 2.56. The fourth-order valence-electron chi connectivity index (χ4n) is 2.32. The van der Waals surface area contributed by atoms with E-state index in [1.807, 2.05) is 25.1 Å². The van der Waals surface area contributed by atoms with Crippen LogP contribution in [-0.4, -0.2) is 23.3 Å². The van der Waals surface area contributed by atoms with Crippen LogP contribution in [0.4, 0.5) is 0 Å². The topological polar surface area (TPSA) is 37.4 Å². The first-order chi connectivity index (χ1) is 8.50. The molecule has 2 rings (SSSR count). The van der Waals surface area contributed by atoms with Gasteiger partial charge in [0.2, 0.25) is 5.91 Å². The molecule has 3 nitrogen and oxygen atoms in total. The summed E-state index contributed by atoms with van der Waals surface area (Å²) in [5.41, 5.74) is 0.469. The Bertz CT molecular complexity index is 497. The normalized spacial score (nSPS) is 21.9. The third-order valence-electron chi connectivity index (χ3n) is 3.45. The molecule has 0 N–H and O–H groups in total. The summed E-state index contributed by atoms with van der Waals surface area (Å²) < 4.78 is 0. The van der Waals surface area contributed by atoms with E-state index in [2.05, 4.69) is 6.92 Å². The summed E-state index contributed by atoms with van der Waals surface area (Å²) in [6.07, 6.45) is 1.78. The number of nitrogens with zero attached hydrogens (tertiary/aromatic N) is 1. The molecule has 0 saturated heterocycles. The number of hydrogen-bond donors (Lipinski definition) is 0. The summed E-state index contributed by atoms with van der Waals surface area (Å²) in [5.74, 6) is -0.384. The number of imide groups is 1. The maximum Gasteiger partial charge on any atom is 0.260 e. The zero-order valence-electron chi connectivity index (χ0n) is 11.6. The van der Waals surface area contributed by atoms with Crippen molar-refractivity contribution in [2.45, 2.75) is 32.1 Å². The van der Waals surface area contributed by atoms with Crippen molar-refractivity contribution in [1.82, 2.24) is 4.90 Å². The van der Waals surface area contributed by atoms with Crippen LogP contribution in [0.1, 0.15) is 42.6 Å². The van der Waals surface area contributed by atoms with Crippen LogP contribution in [0.25, 0.3) is 0 Å². The Kier molecular flexibility index (Phi) is 3.74. The number of amides is 2. The van der Waals surface area contributed by atoms with Gasteiger partial charge >= 0.3 is 0 Å². The van der Waals surface area contributed by atoms with Crippen LogP contribution in [0.15, 0.2) is 24.3 Å². The third kappa shape index (κ3) is 2.07. The van der Waals surface area contributed by atoms with Gasteiger partial charge in [-0.15, -0.1) is 0 Å². The zero-order chi connectivity index (χ0) is 13.3. The smallest absolute Gasteiger partial charge is 0.260 e. The minimum absolute atomic E-state index is 0. The summed E-state index contributed by atoms with van der Waals surface area (Å²) in [5, 5.41) is 0. The molecule has 98 valence electrons. The number of fused-ring (bicyclic) bond motifs is 1. The van der Waals surface area contributed by atoms with E-state index in [-0.39, 0.29) is 11.8 Å². The van der Waals surface area contributed by atoms with Crippen LogP contribution in [-0.2, 0) is 10.2 Å². The first-order valence-corrected chi connectivity index (χ1v) is 6.31. The van der Waals surface area contributed by atoms with Crippen molar-refractivity contribution in [2.24, 2.45) is 0 Å². The molecule has 19 heavy (non-hydrogen) atoms. The molecule has 1 aromatic carbocycles. The maximum absolute atomic E-state index is 12.4. The Balaban J connectivity index is 0.00000180. The first-order valence-electron chi connectivity index (χ1n) is 6.31. The second-order valence-electron chi connectivity index (χ2n) is 4.99. The number of carbonyl (C=O) groups is 2. The molecular formula is C15H18NO2Rf-. The Morgan fingerprint density at radius 3 is 2.53 bits per heavy atom. The maximum atomic E-state index is 12.4. The van der Waals surface area contributed by atoms with Gasteiger partial charge in [-0.1, -0.05) is 49.4 Å². The van der Waals surface area contributed by atoms with Gasteiger partial charge in [0.05, 0.1) is 0 Å². The molecule has 0 spiro atoms. The van der Waals surface area contributed by atoms with E-state index < -0.39 is 5.41 Å². The van der Waals surface area contributed by atoms with Gasteiger partial charge in [-0.2, -0.15) is 0 Å². The van der Waals surface area contributed by atoms with Gasteiger partial charge in [0.15, 0.2) is 0 Å². The Morgan fingerprint density at radius 2 is 1.89 bits per heavy atom. The first kappa shape index (κ1) is 14.4. The summed E-state index contributed by atoms with van der Waals surface area (Å²) >= 11 is 0. The van der Waals surface area contributed by atoms with E-state index in [4.69, 9.17) is 0 Å². The Labute approximate surface area is 108 Å². The van der Waals surface area contributed by atoms with Crippen LogP contribution in [0.5, 0.6) is 0 Å². The summed E-state index contributed by atoms with van der Waals surface area (Å²) in [6.45, 7) is 8.30. The van der Waals surface area contributed by atoms with E-state index in [0.29, 0.717) is 12.1 Å². The van der Waals surface area contributed by atoms with Crippen LogP contribution in [0, 0.1) is 6.92 Å². The van der Waals surface area contributed by atoms with Gasteiger partial charge in [0.1, 0.15) is 0 Å². The molecule has 0 bridgehead atoms. The molecular weight excluding hydrogens is 493 g/mol. The summed E-state index contributed by atoms with van der Waals surface area (Å²) in [6, 6.07) is 7.24. The molecule has 0 saturated carbocycles. The van der Waals surface area contributed by atoms with Gasteiger partial charge in [-0.05, 0) is 12.5 Å². The Hall–Kier alpha value is -2.64. The molecule has 0 aliphatic carbocycles. The molecule has 1 heterocycles. The molecule has 2 amide bonds. The summed E-state index contributed by atoms with van der Waals surface area (Å²) in [7, 11) is 0. The number of hydrogen-bond acceptors (Lipinski definition) is 2. The van der Waals surface area contributed by atoms with Crippen LogP contribution >= 0.6 is 0 Å². The van der Waals surface area contributed by atoms with Crippen LogP contribution in [0.2, 0.25) is 0 Å². The fourth-order valence-corrected chi connectivity index (χ4v) is 2.32. The van der Waals surface area contributed by atoms with Crippen molar-refractivity contribution in [1.29, 1.82) is 0 Å². The quantitative estimate of drug-likeness (QED) is 0.463. The fraction of sp³-hybridized carbons (Fsp3) is 0.400. The predicted molar refractivity (Wildman–Crippen MR) is 70.1 cm³/mol. The molecule has 0 aromatic heterocycles. The van der Waals surface area contributed by atoms with Crippen molar-refractivity contribution in [3.05, 3.63) is 42.3 Å². The van der Waals surface area contributed by atoms with E-state index in [1.54, 1.807) is 13.0 Å². The van der Waals surface area contributed by atoms with E-state index >= 15 is 0 Å². The SMILES string of the molecule is [CH2-]C1(C)C(=O)N(CCCC)C(=O)c2ccccc21.[Rf]. The minimum atomic E-state index is -0.863. The minimum Gasteiger partial charge on any atom is -0.324 e. The van der Waals surface area contributed by atoms with Crippen LogP contribution in [0.3, 0.4) is 0 Å². The van der Waals surface area contributed by atoms with Crippen molar-refractivity contribution in [3.8, 4) is 0 Å².